The average molecular weight is 400 g/mol. The second kappa shape index (κ2) is 9.10. The Labute approximate surface area is 162 Å². The van der Waals surface area contributed by atoms with Crippen LogP contribution in [-0.2, 0) is 9.53 Å². The minimum Gasteiger partial charge on any atom is -0.491 e. The van der Waals surface area contributed by atoms with Gasteiger partial charge in [0, 0.05) is 16.7 Å². The first kappa shape index (κ1) is 20.3. The first-order valence-electron chi connectivity index (χ1n) is 8.10. The van der Waals surface area contributed by atoms with Crippen molar-refractivity contribution in [1.29, 1.82) is 0 Å². The lowest BCUT2D eigenvalue weighted by molar-refractivity contribution is -0.131. The smallest absolute Gasteiger partial charge is 0.261 e. The van der Waals surface area contributed by atoms with Crippen LogP contribution in [0.5, 0.6) is 5.75 Å². The Morgan fingerprint density at radius 1 is 1.50 bits per heavy atom. The van der Waals surface area contributed by atoms with E-state index < -0.39 is 6.10 Å². The molecule has 0 bridgehead atoms. The molecular formula is C19H20Cl2FNO3. The van der Waals surface area contributed by atoms with Crippen molar-refractivity contribution in [2.75, 3.05) is 6.61 Å². The Balaban J connectivity index is 2.08. The van der Waals surface area contributed by atoms with Crippen molar-refractivity contribution in [3.63, 3.8) is 0 Å². The predicted octanol–water partition coefficient (Wildman–Crippen LogP) is 4.95. The van der Waals surface area contributed by atoms with Crippen LogP contribution < -0.4 is 10.1 Å². The largest absolute Gasteiger partial charge is 0.491 e. The van der Waals surface area contributed by atoms with Crippen LogP contribution in [0.4, 0.5) is 4.39 Å². The van der Waals surface area contributed by atoms with E-state index in [-0.39, 0.29) is 24.4 Å². The number of carbonyl (C=O) groups excluding carboxylic acids is 1. The summed E-state index contributed by atoms with van der Waals surface area (Å²) >= 11 is 11.7. The molecule has 140 valence electrons. The highest BCUT2D eigenvalue weighted by molar-refractivity contribution is 6.31. The normalized spacial score (nSPS) is 18.0. The molecule has 0 aliphatic carbocycles. The van der Waals surface area contributed by atoms with Crippen molar-refractivity contribution in [2.24, 2.45) is 0 Å². The maximum absolute atomic E-state index is 13.3. The highest BCUT2D eigenvalue weighted by Crippen LogP contribution is 2.33. The van der Waals surface area contributed by atoms with Crippen LogP contribution >= 0.6 is 23.2 Å². The number of hydrogen-bond donors (Lipinski definition) is 1. The van der Waals surface area contributed by atoms with Crippen LogP contribution in [0.3, 0.4) is 0 Å². The van der Waals surface area contributed by atoms with Crippen LogP contribution in [0, 0.1) is 5.82 Å². The zero-order chi connectivity index (χ0) is 19.3. The third-order valence-corrected chi connectivity index (χ3v) is 4.07. The molecule has 1 aromatic rings. The fraction of sp³-hybridized carbons (Fsp3) is 0.316. The van der Waals surface area contributed by atoms with Gasteiger partial charge in [-0.05, 0) is 31.6 Å². The van der Waals surface area contributed by atoms with Gasteiger partial charge >= 0.3 is 0 Å². The molecular weight excluding hydrogens is 380 g/mol. The number of rotatable bonds is 7. The number of nitrogens with one attached hydrogen (secondary N) is 1. The lowest BCUT2D eigenvalue weighted by Gasteiger charge is -2.20. The first-order valence-corrected chi connectivity index (χ1v) is 8.85. The standard InChI is InChI=1S/C19H20Cl2FNO3/c1-4-16(26-17(12(3)21)8-5-11(2)20)19(24)23-15-10-25-18-9-13(22)6-7-14(15)18/h5-9,15-16H,2,4,10H2,1,3H3,(H,23,24). The number of amides is 1. The predicted molar refractivity (Wildman–Crippen MR) is 101 cm³/mol. The second-order valence-electron chi connectivity index (χ2n) is 5.75. The van der Waals surface area contributed by atoms with Gasteiger partial charge < -0.3 is 14.8 Å². The summed E-state index contributed by atoms with van der Waals surface area (Å²) in [5.74, 6) is 0.0722. The molecule has 2 unspecified atom stereocenters. The molecule has 2 atom stereocenters. The molecule has 1 aliphatic rings. The molecule has 1 aliphatic heterocycles. The average Bonchev–Trinajstić information content (AvgIpc) is 2.96. The lowest BCUT2D eigenvalue weighted by atomic mass is 10.1. The van der Waals surface area contributed by atoms with Gasteiger partial charge in [0.1, 0.15) is 23.9 Å². The van der Waals surface area contributed by atoms with E-state index in [1.165, 1.54) is 18.2 Å². The molecule has 1 amide bonds. The Kier molecular flexibility index (Phi) is 7.12. The number of carbonyl (C=O) groups is 1. The summed E-state index contributed by atoms with van der Waals surface area (Å²) in [7, 11) is 0. The highest BCUT2D eigenvalue weighted by atomic mass is 35.5. The third kappa shape index (κ3) is 5.26. The summed E-state index contributed by atoms with van der Waals surface area (Å²) in [4.78, 5) is 12.6. The van der Waals surface area contributed by atoms with Gasteiger partial charge in [0.25, 0.3) is 5.91 Å². The summed E-state index contributed by atoms with van der Waals surface area (Å²) in [6.07, 6.45) is 2.77. The van der Waals surface area contributed by atoms with E-state index in [4.69, 9.17) is 32.7 Å². The quantitative estimate of drug-likeness (QED) is 0.521. The number of fused-ring (bicyclic) bond motifs is 1. The summed E-state index contributed by atoms with van der Waals surface area (Å²) in [5, 5.41) is 3.57. The number of allylic oxidation sites excluding steroid dienone is 4. The molecule has 26 heavy (non-hydrogen) atoms. The Morgan fingerprint density at radius 3 is 2.85 bits per heavy atom. The van der Waals surface area contributed by atoms with Crippen LogP contribution in [0.25, 0.3) is 0 Å². The molecule has 7 heteroatoms. The van der Waals surface area contributed by atoms with Crippen molar-refractivity contribution < 1.29 is 18.7 Å². The Hall–Kier alpha value is -1.98. The summed E-state index contributed by atoms with van der Waals surface area (Å²) in [6, 6.07) is 3.88. The number of ether oxygens (including phenoxy) is 2. The van der Waals surface area contributed by atoms with E-state index in [9.17, 15) is 9.18 Å². The zero-order valence-electron chi connectivity index (χ0n) is 14.5. The summed E-state index contributed by atoms with van der Waals surface area (Å²) < 4.78 is 24.4. The van der Waals surface area contributed by atoms with Crippen molar-refractivity contribution in [3.8, 4) is 5.75 Å². The van der Waals surface area contributed by atoms with Crippen LogP contribution in [0.2, 0.25) is 0 Å². The molecule has 1 N–H and O–H groups in total. The van der Waals surface area contributed by atoms with Crippen molar-refractivity contribution in [1.82, 2.24) is 5.32 Å². The van der Waals surface area contributed by atoms with E-state index >= 15 is 0 Å². The SMILES string of the molecule is C=C(Cl)C=CC(OC(CC)C(=O)NC1COc2cc(F)ccc21)=C(C)Cl. The van der Waals surface area contributed by atoms with Gasteiger partial charge in [-0.15, -0.1) is 0 Å². The lowest BCUT2D eigenvalue weighted by Crippen LogP contribution is -2.38. The number of benzene rings is 1. The molecule has 1 heterocycles. The minimum atomic E-state index is -0.753. The molecule has 0 spiro atoms. The van der Waals surface area contributed by atoms with Gasteiger partial charge in [0.15, 0.2) is 6.10 Å². The fourth-order valence-corrected chi connectivity index (χ4v) is 2.62. The maximum atomic E-state index is 13.3. The molecule has 1 aromatic carbocycles. The molecule has 0 saturated carbocycles. The maximum Gasteiger partial charge on any atom is 0.261 e. The molecule has 2 rings (SSSR count). The van der Waals surface area contributed by atoms with Crippen molar-refractivity contribution in [2.45, 2.75) is 32.4 Å². The zero-order valence-corrected chi connectivity index (χ0v) is 16.0. The Morgan fingerprint density at radius 2 is 2.23 bits per heavy atom. The van der Waals surface area contributed by atoms with Gasteiger partial charge in [-0.25, -0.2) is 4.39 Å². The summed E-state index contributed by atoms with van der Waals surface area (Å²) in [5.41, 5.74) is 0.734. The highest BCUT2D eigenvalue weighted by Gasteiger charge is 2.29. The Bertz CT molecular complexity index is 757. The van der Waals surface area contributed by atoms with E-state index in [2.05, 4.69) is 11.9 Å². The molecule has 4 nitrogen and oxygen atoms in total. The van der Waals surface area contributed by atoms with Crippen LogP contribution in [0.15, 0.2) is 52.8 Å². The number of halogens is 3. The summed E-state index contributed by atoms with van der Waals surface area (Å²) in [6.45, 7) is 7.27. The first-order chi connectivity index (χ1) is 12.3. The topological polar surface area (TPSA) is 47.6 Å². The van der Waals surface area contributed by atoms with Crippen LogP contribution in [0.1, 0.15) is 31.9 Å². The van der Waals surface area contributed by atoms with Gasteiger partial charge in [-0.3, -0.25) is 4.79 Å². The van der Waals surface area contributed by atoms with E-state index in [1.807, 2.05) is 6.92 Å². The monoisotopic (exact) mass is 399 g/mol. The molecule has 0 aromatic heterocycles. The van der Waals surface area contributed by atoms with Crippen LogP contribution in [-0.4, -0.2) is 18.6 Å². The third-order valence-electron chi connectivity index (χ3n) is 3.76. The second-order valence-corrected chi connectivity index (χ2v) is 6.80. The van der Waals surface area contributed by atoms with E-state index in [0.29, 0.717) is 28.0 Å². The number of hydrogen-bond acceptors (Lipinski definition) is 3. The van der Waals surface area contributed by atoms with Gasteiger partial charge in [-0.2, -0.15) is 0 Å². The molecule has 0 radical (unpaired) electrons. The van der Waals surface area contributed by atoms with Crippen molar-refractivity contribution >= 4 is 29.1 Å². The molecule has 0 saturated heterocycles. The van der Waals surface area contributed by atoms with Crippen molar-refractivity contribution in [3.05, 3.63) is 64.1 Å². The van der Waals surface area contributed by atoms with Gasteiger partial charge in [0.05, 0.1) is 11.1 Å². The minimum absolute atomic E-state index is 0.240. The fourth-order valence-electron chi connectivity index (χ4n) is 2.44. The van der Waals surface area contributed by atoms with Gasteiger partial charge in [0.2, 0.25) is 0 Å². The van der Waals surface area contributed by atoms with E-state index in [1.54, 1.807) is 19.1 Å². The molecule has 0 fully saturated rings. The van der Waals surface area contributed by atoms with Gasteiger partial charge in [-0.1, -0.05) is 42.8 Å². The van der Waals surface area contributed by atoms with E-state index in [0.717, 1.165) is 5.56 Å².